The van der Waals surface area contributed by atoms with Crippen LogP contribution >= 0.6 is 0 Å². The summed E-state index contributed by atoms with van der Waals surface area (Å²) in [5.74, 6) is -0.266. The highest BCUT2D eigenvalue weighted by Crippen LogP contribution is 2.27. The van der Waals surface area contributed by atoms with Crippen LogP contribution in [0.5, 0.6) is 0 Å². The smallest absolute Gasteiger partial charge is 0.146 e. The largest absolute Gasteiger partial charge is 0.379 e. The molecule has 0 spiro atoms. The van der Waals surface area contributed by atoms with Gasteiger partial charge in [0.1, 0.15) is 5.82 Å². The molecule has 1 rings (SSSR count). The average Bonchev–Trinajstić information content (AvgIpc) is 2.35. The minimum Gasteiger partial charge on any atom is -0.379 e. The molecule has 3 nitrogen and oxygen atoms in total. The van der Waals surface area contributed by atoms with Crippen LogP contribution in [-0.2, 0) is 4.74 Å². The minimum atomic E-state index is -0.291. The molecular weight excluding hydrogens is 231 g/mol. The number of nitrogens with one attached hydrogen (secondary N) is 1. The van der Waals surface area contributed by atoms with E-state index in [0.717, 1.165) is 13.0 Å². The van der Waals surface area contributed by atoms with Gasteiger partial charge in [-0.25, -0.2) is 4.39 Å². The molecule has 102 valence electrons. The maximum atomic E-state index is 13.8. The third-order valence-corrected chi connectivity index (χ3v) is 3.07. The Hall–Kier alpha value is -1.00. The fraction of sp³-hybridized carbons (Fsp3) is 0.643. The second-order valence-corrected chi connectivity index (χ2v) is 5.07. The standard InChI is InChI=1S/C14H23FN2O/c1-5-7-17-13(9-14(2,3)18-4)11-6-8-16-10-12(11)15/h6,8,10,13,17H,5,7,9H2,1-4H3. The van der Waals surface area contributed by atoms with E-state index in [-0.39, 0.29) is 17.5 Å². The van der Waals surface area contributed by atoms with Crippen molar-refractivity contribution in [3.63, 3.8) is 0 Å². The summed E-state index contributed by atoms with van der Waals surface area (Å²) < 4.78 is 19.2. The molecule has 18 heavy (non-hydrogen) atoms. The molecule has 1 unspecified atom stereocenters. The molecule has 0 aliphatic rings. The van der Waals surface area contributed by atoms with Crippen LogP contribution in [0.3, 0.4) is 0 Å². The number of halogens is 1. The van der Waals surface area contributed by atoms with Gasteiger partial charge in [0.05, 0.1) is 11.8 Å². The van der Waals surface area contributed by atoms with E-state index in [4.69, 9.17) is 4.74 Å². The molecular formula is C14H23FN2O. The van der Waals surface area contributed by atoms with Gasteiger partial charge in [-0.2, -0.15) is 0 Å². The first kappa shape index (κ1) is 15.1. The van der Waals surface area contributed by atoms with Gasteiger partial charge in [-0.3, -0.25) is 4.98 Å². The monoisotopic (exact) mass is 254 g/mol. The zero-order valence-electron chi connectivity index (χ0n) is 11.7. The molecule has 0 aliphatic carbocycles. The molecule has 0 saturated carbocycles. The van der Waals surface area contributed by atoms with Crippen LogP contribution in [-0.4, -0.2) is 24.2 Å². The topological polar surface area (TPSA) is 34.1 Å². The van der Waals surface area contributed by atoms with Gasteiger partial charge in [0, 0.05) is 24.9 Å². The van der Waals surface area contributed by atoms with Crippen LogP contribution in [0.4, 0.5) is 4.39 Å². The molecule has 0 aromatic carbocycles. The molecule has 0 radical (unpaired) electrons. The summed E-state index contributed by atoms with van der Waals surface area (Å²) >= 11 is 0. The number of methoxy groups -OCH3 is 1. The van der Waals surface area contributed by atoms with Crippen LogP contribution < -0.4 is 5.32 Å². The first-order valence-electron chi connectivity index (χ1n) is 6.38. The van der Waals surface area contributed by atoms with E-state index >= 15 is 0 Å². The van der Waals surface area contributed by atoms with Gasteiger partial charge < -0.3 is 10.1 Å². The van der Waals surface area contributed by atoms with E-state index in [0.29, 0.717) is 12.0 Å². The third kappa shape index (κ3) is 4.35. The maximum absolute atomic E-state index is 13.8. The third-order valence-electron chi connectivity index (χ3n) is 3.07. The molecule has 1 aromatic heterocycles. The molecule has 4 heteroatoms. The van der Waals surface area contributed by atoms with Crippen LogP contribution in [0, 0.1) is 5.82 Å². The van der Waals surface area contributed by atoms with Gasteiger partial charge in [-0.1, -0.05) is 6.92 Å². The van der Waals surface area contributed by atoms with Crippen molar-refractivity contribution in [2.24, 2.45) is 0 Å². The highest BCUT2D eigenvalue weighted by atomic mass is 19.1. The van der Waals surface area contributed by atoms with Gasteiger partial charge in [-0.15, -0.1) is 0 Å². The van der Waals surface area contributed by atoms with Crippen LogP contribution in [0.2, 0.25) is 0 Å². The normalized spacial score (nSPS) is 13.6. The Balaban J connectivity index is 2.88. The average molecular weight is 254 g/mol. The Bertz CT molecular complexity index is 369. The number of hydrogen-bond acceptors (Lipinski definition) is 3. The second-order valence-electron chi connectivity index (χ2n) is 5.07. The summed E-state index contributed by atoms with van der Waals surface area (Å²) in [5, 5.41) is 3.37. The van der Waals surface area contributed by atoms with Crippen molar-refractivity contribution in [1.29, 1.82) is 0 Å². The van der Waals surface area contributed by atoms with E-state index < -0.39 is 0 Å². The molecule has 0 aliphatic heterocycles. The lowest BCUT2D eigenvalue weighted by atomic mass is 9.93. The fourth-order valence-electron chi connectivity index (χ4n) is 1.85. The first-order chi connectivity index (χ1) is 8.50. The summed E-state index contributed by atoms with van der Waals surface area (Å²) in [6, 6.07) is 1.68. The molecule has 1 aromatic rings. The highest BCUT2D eigenvalue weighted by molar-refractivity contribution is 5.18. The van der Waals surface area contributed by atoms with Crippen molar-refractivity contribution in [2.75, 3.05) is 13.7 Å². The van der Waals surface area contributed by atoms with Crippen LogP contribution in [0.15, 0.2) is 18.5 Å². The number of aromatic nitrogens is 1. The Morgan fingerprint density at radius 2 is 2.22 bits per heavy atom. The SMILES string of the molecule is CCCNC(CC(C)(C)OC)c1ccncc1F. The zero-order valence-corrected chi connectivity index (χ0v) is 11.7. The van der Waals surface area contributed by atoms with Crippen LogP contribution in [0.1, 0.15) is 45.2 Å². The predicted molar refractivity (Wildman–Crippen MR) is 70.9 cm³/mol. The Morgan fingerprint density at radius 3 is 2.78 bits per heavy atom. The van der Waals surface area contributed by atoms with Crippen molar-refractivity contribution in [1.82, 2.24) is 10.3 Å². The molecule has 0 saturated heterocycles. The molecule has 0 bridgehead atoms. The fourth-order valence-corrected chi connectivity index (χ4v) is 1.85. The van der Waals surface area contributed by atoms with E-state index in [2.05, 4.69) is 17.2 Å². The second kappa shape index (κ2) is 6.81. The van der Waals surface area contributed by atoms with E-state index in [1.165, 1.54) is 6.20 Å². The minimum absolute atomic E-state index is 0.0529. The lowest BCUT2D eigenvalue weighted by Crippen LogP contribution is -2.33. The Labute approximate surface area is 109 Å². The number of ether oxygens (including phenoxy) is 1. The predicted octanol–water partition coefficient (Wildman–Crippen LogP) is 3.08. The van der Waals surface area contributed by atoms with Crippen molar-refractivity contribution < 1.29 is 9.13 Å². The quantitative estimate of drug-likeness (QED) is 0.812. The Kier molecular flexibility index (Phi) is 5.69. The lowest BCUT2D eigenvalue weighted by Gasteiger charge is -2.29. The molecule has 1 heterocycles. The lowest BCUT2D eigenvalue weighted by molar-refractivity contribution is 0.00658. The van der Waals surface area contributed by atoms with Gasteiger partial charge in [0.15, 0.2) is 0 Å². The van der Waals surface area contributed by atoms with Crippen molar-refractivity contribution in [3.8, 4) is 0 Å². The van der Waals surface area contributed by atoms with Crippen LogP contribution in [0.25, 0.3) is 0 Å². The molecule has 1 N–H and O–H groups in total. The molecule has 0 amide bonds. The summed E-state index contributed by atoms with van der Waals surface area (Å²) in [6.45, 7) is 6.96. The maximum Gasteiger partial charge on any atom is 0.146 e. The van der Waals surface area contributed by atoms with Gasteiger partial charge >= 0.3 is 0 Å². The van der Waals surface area contributed by atoms with Gasteiger partial charge in [0.25, 0.3) is 0 Å². The van der Waals surface area contributed by atoms with Crippen molar-refractivity contribution in [3.05, 3.63) is 29.8 Å². The number of pyridine rings is 1. The summed E-state index contributed by atoms with van der Waals surface area (Å²) in [5.41, 5.74) is 0.366. The Morgan fingerprint density at radius 1 is 1.50 bits per heavy atom. The van der Waals surface area contributed by atoms with Gasteiger partial charge in [0.2, 0.25) is 0 Å². The number of nitrogens with zero attached hydrogens (tertiary/aromatic N) is 1. The highest BCUT2D eigenvalue weighted by Gasteiger charge is 2.25. The van der Waals surface area contributed by atoms with Crippen molar-refractivity contribution in [2.45, 2.75) is 45.3 Å². The first-order valence-corrected chi connectivity index (χ1v) is 6.38. The molecule has 1 atom stereocenters. The molecule has 0 fully saturated rings. The summed E-state index contributed by atoms with van der Waals surface area (Å²) in [4.78, 5) is 3.79. The van der Waals surface area contributed by atoms with Crippen molar-refractivity contribution >= 4 is 0 Å². The van der Waals surface area contributed by atoms with Gasteiger partial charge in [-0.05, 0) is 39.3 Å². The van der Waals surface area contributed by atoms with E-state index in [9.17, 15) is 4.39 Å². The number of rotatable bonds is 7. The zero-order chi connectivity index (χ0) is 13.6. The van der Waals surface area contributed by atoms with E-state index in [1.807, 2.05) is 13.8 Å². The summed E-state index contributed by atoms with van der Waals surface area (Å²) in [7, 11) is 1.68. The summed E-state index contributed by atoms with van der Waals surface area (Å²) in [6.07, 6.45) is 4.61. The van der Waals surface area contributed by atoms with E-state index in [1.54, 1.807) is 19.4 Å². The number of hydrogen-bond donors (Lipinski definition) is 1.